The highest BCUT2D eigenvalue weighted by Gasteiger charge is 2.09. The van der Waals surface area contributed by atoms with Crippen LogP contribution in [0.5, 0.6) is 0 Å². The Bertz CT molecular complexity index is 904. The average molecular weight is 340 g/mol. The molecule has 6 heteroatoms. The lowest BCUT2D eigenvalue weighted by Crippen LogP contribution is -2.26. The number of nitrogens with zero attached hydrogens (tertiary/aromatic N) is 2. The standard InChI is InChI=1S/C19H21FN4O/c1-24-17-8-7-14(20)12-16(17)23-18(24)10-11-22-19(25)9-6-13-4-2-3-5-15(13)21/h2-5,7-8,12H,6,9-11,21H2,1H3,(H,22,25). The van der Waals surface area contributed by atoms with Crippen molar-refractivity contribution >= 4 is 22.6 Å². The van der Waals surface area contributed by atoms with Gasteiger partial charge in [0.25, 0.3) is 0 Å². The number of aromatic nitrogens is 2. The van der Waals surface area contributed by atoms with Gasteiger partial charge >= 0.3 is 0 Å². The van der Waals surface area contributed by atoms with Gasteiger partial charge in [0.05, 0.1) is 11.0 Å². The number of benzene rings is 2. The topological polar surface area (TPSA) is 72.9 Å². The Balaban J connectivity index is 1.52. The SMILES string of the molecule is Cn1c(CCNC(=O)CCc2ccccc2N)nc2cc(F)ccc21. The summed E-state index contributed by atoms with van der Waals surface area (Å²) in [5.41, 5.74) is 9.07. The summed E-state index contributed by atoms with van der Waals surface area (Å²) in [6, 6.07) is 12.1. The predicted octanol–water partition coefficient (Wildman–Crippen LogP) is 2.59. The van der Waals surface area contributed by atoms with E-state index >= 15 is 0 Å². The van der Waals surface area contributed by atoms with Crippen LogP contribution in [-0.2, 0) is 24.7 Å². The molecule has 1 amide bonds. The number of fused-ring (bicyclic) bond motifs is 1. The van der Waals surface area contributed by atoms with Gasteiger partial charge in [-0.05, 0) is 30.2 Å². The molecule has 0 fully saturated rings. The normalized spacial score (nSPS) is 11.0. The maximum absolute atomic E-state index is 13.3. The molecule has 1 aromatic heterocycles. The molecule has 5 nitrogen and oxygen atoms in total. The lowest BCUT2D eigenvalue weighted by atomic mass is 10.1. The molecule has 0 aliphatic carbocycles. The van der Waals surface area contributed by atoms with E-state index in [-0.39, 0.29) is 11.7 Å². The number of anilines is 1. The quantitative estimate of drug-likeness (QED) is 0.678. The fourth-order valence-electron chi connectivity index (χ4n) is 2.86. The molecular weight excluding hydrogens is 319 g/mol. The number of aryl methyl sites for hydroxylation is 2. The zero-order valence-electron chi connectivity index (χ0n) is 14.1. The number of carbonyl (C=O) groups excluding carboxylic acids is 1. The molecule has 130 valence electrons. The third-order valence-corrected chi connectivity index (χ3v) is 4.28. The van der Waals surface area contributed by atoms with Crippen LogP contribution in [0.15, 0.2) is 42.5 Å². The molecule has 3 N–H and O–H groups in total. The number of amides is 1. The van der Waals surface area contributed by atoms with Crippen LogP contribution in [0.2, 0.25) is 0 Å². The maximum Gasteiger partial charge on any atom is 0.220 e. The number of rotatable bonds is 6. The Morgan fingerprint density at radius 3 is 2.84 bits per heavy atom. The molecule has 0 radical (unpaired) electrons. The van der Waals surface area contributed by atoms with Crippen molar-refractivity contribution in [2.75, 3.05) is 12.3 Å². The average Bonchev–Trinajstić information content (AvgIpc) is 2.89. The Morgan fingerprint density at radius 2 is 2.04 bits per heavy atom. The molecule has 2 aromatic carbocycles. The zero-order chi connectivity index (χ0) is 17.8. The number of nitrogens with one attached hydrogen (secondary N) is 1. The van der Waals surface area contributed by atoms with Crippen molar-refractivity contribution in [1.29, 1.82) is 0 Å². The van der Waals surface area contributed by atoms with Crippen molar-refractivity contribution in [3.05, 3.63) is 59.7 Å². The van der Waals surface area contributed by atoms with Gasteiger partial charge in [0.15, 0.2) is 0 Å². The summed E-state index contributed by atoms with van der Waals surface area (Å²) in [5.74, 6) is 0.493. The second-order valence-corrected chi connectivity index (χ2v) is 6.02. The number of para-hydroxylation sites is 1. The molecule has 0 bridgehead atoms. The van der Waals surface area contributed by atoms with E-state index in [0.717, 1.165) is 16.9 Å². The maximum atomic E-state index is 13.3. The van der Waals surface area contributed by atoms with Crippen molar-refractivity contribution in [3.8, 4) is 0 Å². The van der Waals surface area contributed by atoms with Crippen molar-refractivity contribution in [3.63, 3.8) is 0 Å². The highest BCUT2D eigenvalue weighted by atomic mass is 19.1. The van der Waals surface area contributed by atoms with E-state index in [9.17, 15) is 9.18 Å². The number of imidazole rings is 1. The van der Waals surface area contributed by atoms with E-state index in [2.05, 4.69) is 10.3 Å². The van der Waals surface area contributed by atoms with Gasteiger partial charge in [0.2, 0.25) is 5.91 Å². The molecule has 0 aliphatic rings. The zero-order valence-corrected chi connectivity index (χ0v) is 14.1. The largest absolute Gasteiger partial charge is 0.399 e. The molecular formula is C19H21FN4O. The molecule has 0 saturated carbocycles. The van der Waals surface area contributed by atoms with Gasteiger partial charge in [-0.15, -0.1) is 0 Å². The van der Waals surface area contributed by atoms with Crippen molar-refractivity contribution < 1.29 is 9.18 Å². The van der Waals surface area contributed by atoms with Crippen LogP contribution in [-0.4, -0.2) is 22.0 Å². The predicted molar refractivity (Wildman–Crippen MR) is 96.6 cm³/mol. The minimum atomic E-state index is -0.300. The lowest BCUT2D eigenvalue weighted by Gasteiger charge is -2.07. The Morgan fingerprint density at radius 1 is 1.24 bits per heavy atom. The summed E-state index contributed by atoms with van der Waals surface area (Å²) in [7, 11) is 1.89. The summed E-state index contributed by atoms with van der Waals surface area (Å²) >= 11 is 0. The Kier molecular flexibility index (Phi) is 4.97. The van der Waals surface area contributed by atoms with Gasteiger partial charge in [0.1, 0.15) is 11.6 Å². The second-order valence-electron chi connectivity index (χ2n) is 6.02. The van der Waals surface area contributed by atoms with Crippen molar-refractivity contribution in [2.45, 2.75) is 19.3 Å². The highest BCUT2D eigenvalue weighted by Crippen LogP contribution is 2.16. The van der Waals surface area contributed by atoms with Crippen LogP contribution < -0.4 is 11.1 Å². The molecule has 3 aromatic rings. The molecule has 0 spiro atoms. The third-order valence-electron chi connectivity index (χ3n) is 4.28. The van der Waals surface area contributed by atoms with E-state index in [0.29, 0.717) is 37.0 Å². The van der Waals surface area contributed by atoms with Crippen LogP contribution in [0.4, 0.5) is 10.1 Å². The first kappa shape index (κ1) is 17.0. The Hall–Kier alpha value is -2.89. The molecule has 0 unspecified atom stereocenters. The molecule has 0 saturated heterocycles. The van der Waals surface area contributed by atoms with E-state index in [1.54, 1.807) is 6.07 Å². The van der Waals surface area contributed by atoms with Crippen molar-refractivity contribution in [2.24, 2.45) is 7.05 Å². The van der Waals surface area contributed by atoms with E-state index in [1.165, 1.54) is 12.1 Å². The summed E-state index contributed by atoms with van der Waals surface area (Å²) in [4.78, 5) is 16.4. The van der Waals surface area contributed by atoms with E-state index in [1.807, 2.05) is 35.9 Å². The van der Waals surface area contributed by atoms with Crippen molar-refractivity contribution in [1.82, 2.24) is 14.9 Å². The molecule has 1 heterocycles. The van der Waals surface area contributed by atoms with Crippen LogP contribution >= 0.6 is 0 Å². The van der Waals surface area contributed by atoms with Crippen LogP contribution in [0.1, 0.15) is 17.8 Å². The van der Waals surface area contributed by atoms with Gasteiger partial charge < -0.3 is 15.6 Å². The number of hydrogen-bond acceptors (Lipinski definition) is 3. The number of hydrogen-bond donors (Lipinski definition) is 2. The monoisotopic (exact) mass is 340 g/mol. The van der Waals surface area contributed by atoms with Gasteiger partial charge in [-0.1, -0.05) is 18.2 Å². The Labute approximate surface area is 145 Å². The smallest absolute Gasteiger partial charge is 0.220 e. The number of halogens is 1. The molecule has 0 aliphatic heterocycles. The van der Waals surface area contributed by atoms with Crippen LogP contribution in [0, 0.1) is 5.82 Å². The van der Waals surface area contributed by atoms with Gasteiger partial charge in [-0.3, -0.25) is 4.79 Å². The number of nitrogen functional groups attached to an aromatic ring is 1. The number of carbonyl (C=O) groups is 1. The first-order valence-electron chi connectivity index (χ1n) is 8.25. The number of nitrogens with two attached hydrogens (primary N) is 1. The first-order valence-corrected chi connectivity index (χ1v) is 8.25. The third kappa shape index (κ3) is 3.96. The van der Waals surface area contributed by atoms with Crippen LogP contribution in [0.25, 0.3) is 11.0 Å². The summed E-state index contributed by atoms with van der Waals surface area (Å²) in [5, 5.41) is 2.90. The first-order chi connectivity index (χ1) is 12.0. The fraction of sp³-hybridized carbons (Fsp3) is 0.263. The molecule has 25 heavy (non-hydrogen) atoms. The summed E-state index contributed by atoms with van der Waals surface area (Å²) in [6.45, 7) is 0.489. The van der Waals surface area contributed by atoms with E-state index < -0.39 is 0 Å². The second kappa shape index (κ2) is 7.34. The highest BCUT2D eigenvalue weighted by molar-refractivity contribution is 5.77. The molecule has 0 atom stereocenters. The van der Waals surface area contributed by atoms with Gasteiger partial charge in [0, 0.05) is 38.2 Å². The minimum Gasteiger partial charge on any atom is -0.399 e. The van der Waals surface area contributed by atoms with Gasteiger partial charge in [-0.2, -0.15) is 0 Å². The van der Waals surface area contributed by atoms with Crippen LogP contribution in [0.3, 0.4) is 0 Å². The summed E-state index contributed by atoms with van der Waals surface area (Å²) < 4.78 is 15.2. The van der Waals surface area contributed by atoms with Gasteiger partial charge in [-0.25, -0.2) is 9.37 Å². The lowest BCUT2D eigenvalue weighted by molar-refractivity contribution is -0.121. The fourth-order valence-corrected chi connectivity index (χ4v) is 2.86. The minimum absolute atomic E-state index is 0.0203. The van der Waals surface area contributed by atoms with E-state index in [4.69, 9.17) is 5.73 Å². The summed E-state index contributed by atoms with van der Waals surface area (Å²) in [6.07, 6.45) is 1.60. The molecule has 3 rings (SSSR count).